The maximum absolute atomic E-state index is 12.4. The van der Waals surface area contributed by atoms with Crippen molar-refractivity contribution in [3.8, 4) is 0 Å². The first kappa shape index (κ1) is 16.6. The highest BCUT2D eigenvalue weighted by molar-refractivity contribution is 5.95. The highest BCUT2D eigenvalue weighted by Crippen LogP contribution is 2.19. The molecule has 0 saturated heterocycles. The largest absolute Gasteiger partial charge is 0.467 e. The zero-order chi connectivity index (χ0) is 17.8. The van der Waals surface area contributed by atoms with Crippen LogP contribution < -0.4 is 5.32 Å². The molecule has 1 aromatic carbocycles. The monoisotopic (exact) mass is 338 g/mol. The molecule has 1 unspecified atom stereocenters. The summed E-state index contributed by atoms with van der Waals surface area (Å²) in [5.74, 6) is -0.468. The summed E-state index contributed by atoms with van der Waals surface area (Å²) in [7, 11) is 1.30. The maximum atomic E-state index is 12.4. The Balaban J connectivity index is 1.83. The van der Waals surface area contributed by atoms with E-state index in [1.165, 1.54) is 19.4 Å². The van der Waals surface area contributed by atoms with Gasteiger partial charge < -0.3 is 15.0 Å². The Morgan fingerprint density at radius 1 is 1.28 bits per heavy atom. The molecule has 0 spiro atoms. The molecule has 7 nitrogen and oxygen atoms in total. The highest BCUT2D eigenvalue weighted by Gasteiger charge is 2.24. The molecule has 0 aliphatic rings. The number of aromatic amines is 1. The number of para-hydroxylation sites is 1. The SMILES string of the molecule is COC(=O)C(Cc1c[nH]c2ccccc12)NC(=O)c1ccnc(C)n1. The molecule has 3 aromatic rings. The van der Waals surface area contributed by atoms with Crippen LogP contribution in [-0.4, -0.2) is 40.0 Å². The summed E-state index contributed by atoms with van der Waals surface area (Å²) in [4.78, 5) is 35.7. The summed E-state index contributed by atoms with van der Waals surface area (Å²) in [5.41, 5.74) is 2.10. The van der Waals surface area contributed by atoms with Crippen molar-refractivity contribution in [2.45, 2.75) is 19.4 Å². The van der Waals surface area contributed by atoms with Crippen molar-refractivity contribution in [3.05, 3.63) is 59.8 Å². The van der Waals surface area contributed by atoms with Crippen LogP contribution in [0.2, 0.25) is 0 Å². The molecule has 1 amide bonds. The van der Waals surface area contributed by atoms with E-state index in [1.54, 1.807) is 6.92 Å². The Kier molecular flexibility index (Phi) is 4.74. The van der Waals surface area contributed by atoms with Crippen LogP contribution in [0.5, 0.6) is 0 Å². The number of nitrogens with one attached hydrogen (secondary N) is 2. The topological polar surface area (TPSA) is 97.0 Å². The summed E-state index contributed by atoms with van der Waals surface area (Å²) >= 11 is 0. The van der Waals surface area contributed by atoms with Crippen LogP contribution in [0.1, 0.15) is 21.9 Å². The van der Waals surface area contributed by atoms with Gasteiger partial charge in [-0.05, 0) is 24.6 Å². The van der Waals surface area contributed by atoms with Crippen molar-refractivity contribution in [1.29, 1.82) is 0 Å². The number of hydrogen-bond acceptors (Lipinski definition) is 5. The van der Waals surface area contributed by atoms with E-state index in [0.29, 0.717) is 12.2 Å². The first-order chi connectivity index (χ1) is 12.1. The number of aromatic nitrogens is 3. The van der Waals surface area contributed by atoms with Gasteiger partial charge in [0.25, 0.3) is 5.91 Å². The molecule has 0 radical (unpaired) electrons. The number of hydrogen-bond donors (Lipinski definition) is 2. The molecular weight excluding hydrogens is 320 g/mol. The number of carbonyl (C=O) groups excluding carboxylic acids is 2. The van der Waals surface area contributed by atoms with Crippen LogP contribution in [0, 0.1) is 6.92 Å². The molecule has 3 rings (SSSR count). The highest BCUT2D eigenvalue weighted by atomic mass is 16.5. The lowest BCUT2D eigenvalue weighted by Crippen LogP contribution is -2.43. The van der Waals surface area contributed by atoms with Gasteiger partial charge in [0, 0.05) is 29.7 Å². The van der Waals surface area contributed by atoms with Crippen LogP contribution in [0.25, 0.3) is 10.9 Å². The third-order valence-electron chi connectivity index (χ3n) is 3.90. The minimum atomic E-state index is -0.813. The number of carbonyl (C=O) groups is 2. The molecule has 2 N–H and O–H groups in total. The second-order valence-corrected chi connectivity index (χ2v) is 5.60. The summed E-state index contributed by atoms with van der Waals surface area (Å²) in [5, 5.41) is 3.70. The first-order valence-corrected chi connectivity index (χ1v) is 7.82. The first-order valence-electron chi connectivity index (χ1n) is 7.82. The van der Waals surface area contributed by atoms with Gasteiger partial charge in [0.15, 0.2) is 0 Å². The number of benzene rings is 1. The summed E-state index contributed by atoms with van der Waals surface area (Å²) in [6, 6.07) is 8.46. The van der Waals surface area contributed by atoms with Gasteiger partial charge in [-0.2, -0.15) is 0 Å². The van der Waals surface area contributed by atoms with Crippen molar-refractivity contribution < 1.29 is 14.3 Å². The minimum Gasteiger partial charge on any atom is -0.467 e. The van der Waals surface area contributed by atoms with Crippen LogP contribution in [0.3, 0.4) is 0 Å². The molecule has 25 heavy (non-hydrogen) atoms. The molecule has 128 valence electrons. The van der Waals surface area contributed by atoms with E-state index in [9.17, 15) is 9.59 Å². The molecule has 0 fully saturated rings. The quantitative estimate of drug-likeness (QED) is 0.691. The predicted molar refractivity (Wildman–Crippen MR) is 92.0 cm³/mol. The second-order valence-electron chi connectivity index (χ2n) is 5.60. The smallest absolute Gasteiger partial charge is 0.328 e. The molecule has 0 aliphatic carbocycles. The Hall–Kier alpha value is -3.22. The Labute approximate surface area is 144 Å². The molecule has 1 atom stereocenters. The van der Waals surface area contributed by atoms with E-state index in [1.807, 2.05) is 30.5 Å². The van der Waals surface area contributed by atoms with Crippen LogP contribution in [0.4, 0.5) is 0 Å². The number of fused-ring (bicyclic) bond motifs is 1. The fraction of sp³-hybridized carbons (Fsp3) is 0.222. The Morgan fingerprint density at radius 3 is 2.84 bits per heavy atom. The van der Waals surface area contributed by atoms with Gasteiger partial charge >= 0.3 is 5.97 Å². The minimum absolute atomic E-state index is 0.209. The lowest BCUT2D eigenvalue weighted by atomic mass is 10.0. The molecule has 0 bridgehead atoms. The molecule has 2 aromatic heterocycles. The summed E-state index contributed by atoms with van der Waals surface area (Å²) in [6.45, 7) is 1.69. The second kappa shape index (κ2) is 7.12. The van der Waals surface area contributed by atoms with E-state index in [-0.39, 0.29) is 5.69 Å². The molecule has 0 saturated carbocycles. The third kappa shape index (κ3) is 3.65. The average Bonchev–Trinajstić information content (AvgIpc) is 3.03. The number of rotatable bonds is 5. The molecular formula is C18H18N4O3. The lowest BCUT2D eigenvalue weighted by molar-refractivity contribution is -0.142. The number of esters is 1. The van der Waals surface area contributed by atoms with E-state index in [2.05, 4.69) is 20.3 Å². The standard InChI is InChI=1S/C18H18N4O3/c1-11-19-8-7-15(21-11)17(23)22-16(18(24)25-2)9-12-10-20-14-6-4-3-5-13(12)14/h3-8,10,16,20H,9H2,1-2H3,(H,22,23). The van der Waals surface area contributed by atoms with Gasteiger partial charge in [-0.25, -0.2) is 14.8 Å². The third-order valence-corrected chi connectivity index (χ3v) is 3.90. The Morgan fingerprint density at radius 2 is 2.08 bits per heavy atom. The van der Waals surface area contributed by atoms with Gasteiger partial charge in [0.05, 0.1) is 7.11 Å². The summed E-state index contributed by atoms with van der Waals surface area (Å²) in [6.07, 6.45) is 3.65. The fourth-order valence-corrected chi connectivity index (χ4v) is 2.67. The Bertz CT molecular complexity index is 919. The zero-order valence-electron chi connectivity index (χ0n) is 13.9. The van der Waals surface area contributed by atoms with E-state index in [4.69, 9.17) is 4.74 Å². The number of aryl methyl sites for hydroxylation is 1. The van der Waals surface area contributed by atoms with Gasteiger partial charge in [-0.1, -0.05) is 18.2 Å². The normalized spacial score (nSPS) is 11.9. The molecule has 0 aliphatic heterocycles. The van der Waals surface area contributed by atoms with E-state index in [0.717, 1.165) is 16.5 Å². The number of methoxy groups -OCH3 is 1. The lowest BCUT2D eigenvalue weighted by Gasteiger charge is -2.16. The number of H-pyrrole nitrogens is 1. The summed E-state index contributed by atoms with van der Waals surface area (Å²) < 4.78 is 4.84. The predicted octanol–water partition coefficient (Wildman–Crippen LogP) is 1.78. The van der Waals surface area contributed by atoms with Gasteiger partial charge in [0.2, 0.25) is 0 Å². The zero-order valence-corrected chi connectivity index (χ0v) is 13.9. The maximum Gasteiger partial charge on any atom is 0.328 e. The average molecular weight is 338 g/mol. The van der Waals surface area contributed by atoms with Crippen molar-refractivity contribution in [1.82, 2.24) is 20.3 Å². The molecule has 2 heterocycles. The number of nitrogens with zero attached hydrogens (tertiary/aromatic N) is 2. The van der Waals surface area contributed by atoms with Crippen LogP contribution in [-0.2, 0) is 16.0 Å². The fourth-order valence-electron chi connectivity index (χ4n) is 2.67. The van der Waals surface area contributed by atoms with Crippen molar-refractivity contribution in [2.75, 3.05) is 7.11 Å². The number of amides is 1. The van der Waals surface area contributed by atoms with Gasteiger partial charge in [0.1, 0.15) is 17.6 Å². The van der Waals surface area contributed by atoms with Crippen molar-refractivity contribution >= 4 is 22.8 Å². The van der Waals surface area contributed by atoms with E-state index < -0.39 is 17.9 Å². The van der Waals surface area contributed by atoms with E-state index >= 15 is 0 Å². The van der Waals surface area contributed by atoms with Crippen LogP contribution >= 0.6 is 0 Å². The molecule has 7 heteroatoms. The van der Waals surface area contributed by atoms with Crippen LogP contribution in [0.15, 0.2) is 42.7 Å². The van der Waals surface area contributed by atoms with Gasteiger partial charge in [-0.3, -0.25) is 4.79 Å². The van der Waals surface area contributed by atoms with Crippen molar-refractivity contribution in [3.63, 3.8) is 0 Å². The number of ether oxygens (including phenoxy) is 1. The van der Waals surface area contributed by atoms with Crippen molar-refractivity contribution in [2.24, 2.45) is 0 Å². The van der Waals surface area contributed by atoms with Gasteiger partial charge in [-0.15, -0.1) is 0 Å².